The first-order valence-corrected chi connectivity index (χ1v) is 7.11. The van der Waals surface area contributed by atoms with Gasteiger partial charge in [-0.15, -0.1) is 5.10 Å². The standard InChI is InChI=1S/C15H17BN4O2/c1-14(2)15(3,4)22-16(21-14)13-10-20(19-18-13)12-7-5-11(9-17)6-8-12/h5-8,10H,1-4H3. The maximum atomic E-state index is 8.83. The van der Waals surface area contributed by atoms with Crippen LogP contribution in [-0.2, 0) is 9.31 Å². The predicted molar refractivity (Wildman–Crippen MR) is 81.8 cm³/mol. The average Bonchev–Trinajstić information content (AvgIpc) is 3.03. The van der Waals surface area contributed by atoms with E-state index in [4.69, 9.17) is 14.6 Å². The summed E-state index contributed by atoms with van der Waals surface area (Å²) in [5.74, 6) is 0. The second-order valence-corrected chi connectivity index (χ2v) is 6.33. The first-order valence-electron chi connectivity index (χ1n) is 7.11. The SMILES string of the molecule is CC1(C)OB(c2cn(-c3ccc(C#N)cc3)nn2)OC1(C)C. The Morgan fingerprint density at radius 2 is 1.68 bits per heavy atom. The van der Waals surface area contributed by atoms with Crippen LogP contribution in [0.5, 0.6) is 0 Å². The second kappa shape index (κ2) is 4.94. The average molecular weight is 296 g/mol. The van der Waals surface area contributed by atoms with Crippen LogP contribution < -0.4 is 5.59 Å². The Hall–Kier alpha value is -2.17. The van der Waals surface area contributed by atoms with Gasteiger partial charge >= 0.3 is 7.12 Å². The quantitative estimate of drug-likeness (QED) is 0.784. The highest BCUT2D eigenvalue weighted by molar-refractivity contribution is 6.61. The molecule has 1 aliphatic heterocycles. The number of hydrogen-bond acceptors (Lipinski definition) is 5. The van der Waals surface area contributed by atoms with Crippen LogP contribution >= 0.6 is 0 Å². The number of benzene rings is 1. The zero-order valence-corrected chi connectivity index (χ0v) is 13.1. The van der Waals surface area contributed by atoms with E-state index in [9.17, 15) is 0 Å². The van der Waals surface area contributed by atoms with Gasteiger partial charge in [0.15, 0.2) is 0 Å². The van der Waals surface area contributed by atoms with Crippen molar-refractivity contribution in [3.63, 3.8) is 0 Å². The molecule has 0 unspecified atom stereocenters. The molecule has 2 heterocycles. The highest BCUT2D eigenvalue weighted by Gasteiger charge is 2.52. The van der Waals surface area contributed by atoms with Gasteiger partial charge in [0, 0.05) is 0 Å². The Kier molecular flexibility index (Phi) is 3.31. The summed E-state index contributed by atoms with van der Waals surface area (Å²) >= 11 is 0. The molecule has 3 rings (SSSR count). The van der Waals surface area contributed by atoms with Crippen molar-refractivity contribution in [1.29, 1.82) is 5.26 Å². The third-order valence-electron chi connectivity index (χ3n) is 4.27. The van der Waals surface area contributed by atoms with E-state index in [0.717, 1.165) is 5.69 Å². The molecule has 112 valence electrons. The summed E-state index contributed by atoms with van der Waals surface area (Å²) in [7, 11) is -0.530. The van der Waals surface area contributed by atoms with Crippen LogP contribution in [0.15, 0.2) is 30.5 Å². The van der Waals surface area contributed by atoms with Gasteiger partial charge in [0.05, 0.1) is 34.7 Å². The molecule has 7 heteroatoms. The van der Waals surface area contributed by atoms with E-state index in [-0.39, 0.29) is 0 Å². The summed E-state index contributed by atoms with van der Waals surface area (Å²) in [6.07, 6.45) is 1.78. The molecule has 1 fully saturated rings. The van der Waals surface area contributed by atoms with Gasteiger partial charge in [-0.1, -0.05) is 5.21 Å². The van der Waals surface area contributed by atoms with E-state index in [1.165, 1.54) is 0 Å². The summed E-state index contributed by atoms with van der Waals surface area (Å²) in [6, 6.07) is 9.21. The van der Waals surface area contributed by atoms with Gasteiger partial charge in [-0.3, -0.25) is 0 Å². The molecular formula is C15H17BN4O2. The van der Waals surface area contributed by atoms with Crippen molar-refractivity contribution in [2.24, 2.45) is 0 Å². The maximum Gasteiger partial charge on any atom is 0.518 e. The molecule has 1 aromatic carbocycles. The smallest absolute Gasteiger partial charge is 0.398 e. The van der Waals surface area contributed by atoms with Crippen LogP contribution in [0.3, 0.4) is 0 Å². The summed E-state index contributed by atoms with van der Waals surface area (Å²) in [4.78, 5) is 0. The van der Waals surface area contributed by atoms with Crippen molar-refractivity contribution in [3.8, 4) is 11.8 Å². The van der Waals surface area contributed by atoms with Crippen LogP contribution in [-0.4, -0.2) is 33.3 Å². The molecule has 0 saturated carbocycles. The molecule has 1 aromatic heterocycles. The van der Waals surface area contributed by atoms with Gasteiger partial charge in [0.1, 0.15) is 5.59 Å². The lowest BCUT2D eigenvalue weighted by Gasteiger charge is -2.32. The number of hydrogen-bond donors (Lipinski definition) is 0. The van der Waals surface area contributed by atoms with Gasteiger partial charge in [-0.2, -0.15) is 5.26 Å². The Labute approximate surface area is 129 Å². The molecule has 22 heavy (non-hydrogen) atoms. The molecule has 0 N–H and O–H groups in total. The third kappa shape index (κ3) is 2.41. The minimum atomic E-state index is -0.530. The zero-order valence-electron chi connectivity index (χ0n) is 13.1. The Morgan fingerprint density at radius 3 is 2.23 bits per heavy atom. The molecule has 0 radical (unpaired) electrons. The molecule has 0 spiro atoms. The van der Waals surface area contributed by atoms with Crippen LogP contribution in [0.2, 0.25) is 0 Å². The Morgan fingerprint density at radius 1 is 1.09 bits per heavy atom. The van der Waals surface area contributed by atoms with Crippen molar-refractivity contribution in [2.45, 2.75) is 38.9 Å². The normalized spacial score (nSPS) is 19.1. The Balaban J connectivity index is 1.84. The molecular weight excluding hydrogens is 279 g/mol. The summed E-state index contributed by atoms with van der Waals surface area (Å²) in [5.41, 5.74) is 1.25. The second-order valence-electron chi connectivity index (χ2n) is 6.33. The monoisotopic (exact) mass is 296 g/mol. The molecule has 0 amide bonds. The molecule has 0 aliphatic carbocycles. The summed E-state index contributed by atoms with van der Waals surface area (Å²) in [5, 5.41) is 17.1. The summed E-state index contributed by atoms with van der Waals surface area (Å²) < 4.78 is 13.5. The van der Waals surface area contributed by atoms with E-state index in [2.05, 4.69) is 16.4 Å². The van der Waals surface area contributed by atoms with Crippen molar-refractivity contribution in [3.05, 3.63) is 36.0 Å². The molecule has 2 aromatic rings. The maximum absolute atomic E-state index is 8.83. The highest BCUT2D eigenvalue weighted by Crippen LogP contribution is 2.36. The number of nitrogens with zero attached hydrogens (tertiary/aromatic N) is 4. The van der Waals surface area contributed by atoms with Crippen molar-refractivity contribution in [2.75, 3.05) is 0 Å². The van der Waals surface area contributed by atoms with Crippen LogP contribution in [0.25, 0.3) is 5.69 Å². The lowest BCUT2D eigenvalue weighted by molar-refractivity contribution is 0.00578. The summed E-state index contributed by atoms with van der Waals surface area (Å²) in [6.45, 7) is 7.99. The first kappa shape index (κ1) is 14.8. The minimum Gasteiger partial charge on any atom is -0.398 e. The van der Waals surface area contributed by atoms with Crippen molar-refractivity contribution >= 4 is 12.7 Å². The molecule has 1 aliphatic rings. The molecule has 0 atom stereocenters. The fraction of sp³-hybridized carbons (Fsp3) is 0.400. The third-order valence-corrected chi connectivity index (χ3v) is 4.27. The van der Waals surface area contributed by atoms with Crippen LogP contribution in [0, 0.1) is 11.3 Å². The molecule has 0 bridgehead atoms. The van der Waals surface area contributed by atoms with Gasteiger partial charge in [0.25, 0.3) is 0 Å². The molecule has 6 nitrogen and oxygen atoms in total. The number of aromatic nitrogens is 3. The van der Waals surface area contributed by atoms with Gasteiger partial charge < -0.3 is 9.31 Å². The van der Waals surface area contributed by atoms with E-state index < -0.39 is 18.3 Å². The topological polar surface area (TPSA) is 73.0 Å². The fourth-order valence-electron chi connectivity index (χ4n) is 2.16. The predicted octanol–water partition coefficient (Wildman–Crippen LogP) is 1.44. The van der Waals surface area contributed by atoms with Gasteiger partial charge in [0.2, 0.25) is 0 Å². The lowest BCUT2D eigenvalue weighted by Crippen LogP contribution is -2.41. The fourth-order valence-corrected chi connectivity index (χ4v) is 2.16. The zero-order chi connectivity index (χ0) is 16.0. The van der Waals surface area contributed by atoms with Crippen molar-refractivity contribution < 1.29 is 9.31 Å². The van der Waals surface area contributed by atoms with E-state index >= 15 is 0 Å². The minimum absolute atomic E-state index is 0.407. The largest absolute Gasteiger partial charge is 0.518 e. The van der Waals surface area contributed by atoms with Crippen LogP contribution in [0.1, 0.15) is 33.3 Å². The van der Waals surface area contributed by atoms with Gasteiger partial charge in [-0.05, 0) is 52.0 Å². The van der Waals surface area contributed by atoms with Gasteiger partial charge in [-0.25, -0.2) is 4.68 Å². The highest BCUT2D eigenvalue weighted by atomic mass is 16.7. The van der Waals surface area contributed by atoms with E-state index in [1.54, 1.807) is 23.0 Å². The molecule has 1 saturated heterocycles. The van der Waals surface area contributed by atoms with E-state index in [1.807, 2.05) is 39.8 Å². The van der Waals surface area contributed by atoms with Crippen molar-refractivity contribution in [1.82, 2.24) is 15.0 Å². The number of nitriles is 1. The first-order chi connectivity index (χ1) is 10.3. The van der Waals surface area contributed by atoms with Crippen LogP contribution in [0.4, 0.5) is 0 Å². The Bertz CT molecular complexity index is 715. The lowest BCUT2D eigenvalue weighted by atomic mass is 9.86. The number of rotatable bonds is 2. The van der Waals surface area contributed by atoms with E-state index in [0.29, 0.717) is 11.2 Å².